The molecule has 0 aliphatic heterocycles. The second kappa shape index (κ2) is 3.29. The molecule has 2 atom stereocenters. The van der Waals surface area contributed by atoms with Crippen LogP contribution in [-0.4, -0.2) is 29.6 Å². The molecule has 0 bridgehead atoms. The minimum Gasteiger partial charge on any atom is -0.390 e. The minimum absolute atomic E-state index is 0.0576. The Kier molecular flexibility index (Phi) is 3.35. The molecule has 0 fully saturated rings. The Morgan fingerprint density at radius 1 is 1.64 bits per heavy atom. The Balaban J connectivity index is 4.85. The van der Waals surface area contributed by atoms with E-state index in [0.717, 1.165) is 0 Å². The van der Waals surface area contributed by atoms with E-state index in [1.165, 1.54) is 20.8 Å². The maximum absolute atomic E-state index is 11.2. The second-order valence-corrected chi connectivity index (χ2v) is 6.23. The Bertz CT molecular complexity index is 218. The standard InChI is InChI=1S/C6H13ClO3S/c1-4-11(9,10)6(3,7)5(2)8/h5,8H,4H2,1-3H3/t5-,6+/m0/s1. The molecule has 0 unspecified atom stereocenters. The number of aliphatic hydroxyl groups excluding tert-OH is 1. The van der Waals surface area contributed by atoms with Gasteiger partial charge in [-0.25, -0.2) is 8.42 Å². The molecule has 11 heavy (non-hydrogen) atoms. The maximum Gasteiger partial charge on any atom is 0.171 e. The number of rotatable bonds is 3. The number of sulfone groups is 1. The summed E-state index contributed by atoms with van der Waals surface area (Å²) in [6, 6.07) is 0. The molecular formula is C6H13ClO3S. The van der Waals surface area contributed by atoms with Gasteiger partial charge in [0, 0.05) is 5.75 Å². The van der Waals surface area contributed by atoms with Crippen LogP contribution < -0.4 is 0 Å². The molecule has 0 rings (SSSR count). The van der Waals surface area contributed by atoms with Crippen molar-refractivity contribution in [2.24, 2.45) is 0 Å². The molecule has 0 saturated carbocycles. The fourth-order valence-electron chi connectivity index (χ4n) is 0.542. The van der Waals surface area contributed by atoms with Crippen LogP contribution in [0.3, 0.4) is 0 Å². The van der Waals surface area contributed by atoms with Crippen LogP contribution in [0.4, 0.5) is 0 Å². The molecule has 0 radical (unpaired) electrons. The van der Waals surface area contributed by atoms with Gasteiger partial charge in [0.05, 0.1) is 6.10 Å². The first-order valence-electron chi connectivity index (χ1n) is 3.35. The SMILES string of the molecule is CCS(=O)(=O)[C@@](C)(Cl)[C@H](C)O. The normalized spacial score (nSPS) is 20.8. The fraction of sp³-hybridized carbons (Fsp3) is 1.00. The lowest BCUT2D eigenvalue weighted by molar-refractivity contribution is 0.180. The van der Waals surface area contributed by atoms with Crippen molar-refractivity contribution < 1.29 is 13.5 Å². The van der Waals surface area contributed by atoms with Crippen molar-refractivity contribution in [1.82, 2.24) is 0 Å². The fourth-order valence-corrected chi connectivity index (χ4v) is 1.95. The summed E-state index contributed by atoms with van der Waals surface area (Å²) in [5.41, 5.74) is 0. The lowest BCUT2D eigenvalue weighted by atomic mass is 10.3. The zero-order chi connectivity index (χ0) is 9.28. The first-order chi connectivity index (χ1) is 4.75. The summed E-state index contributed by atoms with van der Waals surface area (Å²) in [4.78, 5) is 0. The van der Waals surface area contributed by atoms with Crippen molar-refractivity contribution in [3.8, 4) is 0 Å². The van der Waals surface area contributed by atoms with Gasteiger partial charge in [-0.3, -0.25) is 0 Å². The monoisotopic (exact) mass is 200 g/mol. The highest BCUT2D eigenvalue weighted by Gasteiger charge is 2.40. The molecule has 0 aromatic carbocycles. The highest BCUT2D eigenvalue weighted by molar-refractivity contribution is 7.94. The van der Waals surface area contributed by atoms with Crippen molar-refractivity contribution in [2.45, 2.75) is 31.1 Å². The Morgan fingerprint density at radius 2 is 2.00 bits per heavy atom. The van der Waals surface area contributed by atoms with E-state index in [1.54, 1.807) is 0 Å². The summed E-state index contributed by atoms with van der Waals surface area (Å²) >= 11 is 5.62. The molecule has 3 nitrogen and oxygen atoms in total. The van der Waals surface area contributed by atoms with Gasteiger partial charge < -0.3 is 5.11 Å². The third-order valence-corrected chi connectivity index (χ3v) is 5.07. The predicted octanol–water partition coefficient (Wildman–Crippen LogP) is 0.757. The molecule has 0 spiro atoms. The largest absolute Gasteiger partial charge is 0.390 e. The molecule has 5 heteroatoms. The van der Waals surface area contributed by atoms with Gasteiger partial charge in [0.15, 0.2) is 14.0 Å². The van der Waals surface area contributed by atoms with Gasteiger partial charge in [0.1, 0.15) is 0 Å². The van der Waals surface area contributed by atoms with Crippen molar-refractivity contribution in [3.05, 3.63) is 0 Å². The zero-order valence-corrected chi connectivity index (χ0v) is 8.41. The first kappa shape index (κ1) is 11.2. The van der Waals surface area contributed by atoms with Gasteiger partial charge in [-0.05, 0) is 13.8 Å². The maximum atomic E-state index is 11.2. The second-order valence-electron chi connectivity index (χ2n) is 2.57. The number of aliphatic hydroxyl groups is 1. The molecular weight excluding hydrogens is 188 g/mol. The van der Waals surface area contributed by atoms with Gasteiger partial charge in [-0.2, -0.15) is 0 Å². The van der Waals surface area contributed by atoms with Crippen LogP contribution in [0.5, 0.6) is 0 Å². The van der Waals surface area contributed by atoms with Crippen molar-refractivity contribution >= 4 is 21.4 Å². The highest BCUT2D eigenvalue weighted by Crippen LogP contribution is 2.26. The van der Waals surface area contributed by atoms with Gasteiger partial charge in [-0.1, -0.05) is 18.5 Å². The number of alkyl halides is 1. The summed E-state index contributed by atoms with van der Waals surface area (Å²) in [7, 11) is -3.38. The number of hydrogen-bond acceptors (Lipinski definition) is 3. The summed E-state index contributed by atoms with van der Waals surface area (Å²) in [6.07, 6.45) is -1.06. The van der Waals surface area contributed by atoms with Crippen LogP contribution in [0.2, 0.25) is 0 Å². The van der Waals surface area contributed by atoms with Crippen molar-refractivity contribution in [2.75, 3.05) is 5.75 Å². The molecule has 0 amide bonds. The van der Waals surface area contributed by atoms with E-state index in [4.69, 9.17) is 16.7 Å². The molecule has 68 valence electrons. The van der Waals surface area contributed by atoms with Crippen LogP contribution in [0, 0.1) is 0 Å². The average Bonchev–Trinajstić information content (AvgIpc) is 1.87. The lowest BCUT2D eigenvalue weighted by Gasteiger charge is -2.24. The lowest BCUT2D eigenvalue weighted by Crippen LogP contribution is -2.40. The molecule has 0 aliphatic rings. The molecule has 0 heterocycles. The van der Waals surface area contributed by atoms with Crippen LogP contribution in [-0.2, 0) is 9.84 Å². The van der Waals surface area contributed by atoms with E-state index < -0.39 is 20.1 Å². The number of hydrogen-bond donors (Lipinski definition) is 1. The summed E-state index contributed by atoms with van der Waals surface area (Å²) < 4.78 is 20.8. The average molecular weight is 201 g/mol. The van der Waals surface area contributed by atoms with Crippen LogP contribution in [0.15, 0.2) is 0 Å². The topological polar surface area (TPSA) is 54.4 Å². The van der Waals surface area contributed by atoms with Gasteiger partial charge in [0.2, 0.25) is 0 Å². The molecule has 0 aliphatic carbocycles. The van der Waals surface area contributed by atoms with E-state index in [1.807, 2.05) is 0 Å². The Morgan fingerprint density at radius 3 is 2.09 bits per heavy atom. The Labute approximate surface area is 72.3 Å². The van der Waals surface area contributed by atoms with E-state index >= 15 is 0 Å². The van der Waals surface area contributed by atoms with E-state index in [0.29, 0.717) is 0 Å². The smallest absolute Gasteiger partial charge is 0.171 e. The Hall–Kier alpha value is 0.200. The predicted molar refractivity (Wildman–Crippen MR) is 45.4 cm³/mol. The molecule has 0 aromatic rings. The highest BCUT2D eigenvalue weighted by atomic mass is 35.5. The van der Waals surface area contributed by atoms with Crippen molar-refractivity contribution in [3.63, 3.8) is 0 Å². The van der Waals surface area contributed by atoms with E-state index in [2.05, 4.69) is 0 Å². The minimum atomic E-state index is -3.38. The molecule has 0 saturated heterocycles. The van der Waals surface area contributed by atoms with Crippen LogP contribution in [0.25, 0.3) is 0 Å². The van der Waals surface area contributed by atoms with E-state index in [-0.39, 0.29) is 5.75 Å². The summed E-state index contributed by atoms with van der Waals surface area (Å²) in [5, 5.41) is 9.04. The quantitative estimate of drug-likeness (QED) is 0.685. The van der Waals surface area contributed by atoms with Gasteiger partial charge in [-0.15, -0.1) is 0 Å². The third kappa shape index (κ3) is 2.07. The molecule has 1 N–H and O–H groups in total. The summed E-state index contributed by atoms with van der Waals surface area (Å²) in [6.45, 7) is 4.16. The molecule has 0 aromatic heterocycles. The van der Waals surface area contributed by atoms with Crippen LogP contribution in [0.1, 0.15) is 20.8 Å². The van der Waals surface area contributed by atoms with Gasteiger partial charge >= 0.3 is 0 Å². The van der Waals surface area contributed by atoms with E-state index in [9.17, 15) is 8.42 Å². The van der Waals surface area contributed by atoms with Gasteiger partial charge in [0.25, 0.3) is 0 Å². The zero-order valence-electron chi connectivity index (χ0n) is 6.83. The number of halogens is 1. The summed E-state index contributed by atoms with van der Waals surface area (Å²) in [5.74, 6) is -0.0576. The van der Waals surface area contributed by atoms with Crippen LogP contribution >= 0.6 is 11.6 Å². The first-order valence-corrected chi connectivity index (χ1v) is 5.38. The third-order valence-electron chi connectivity index (χ3n) is 1.73. The van der Waals surface area contributed by atoms with Crippen molar-refractivity contribution in [1.29, 1.82) is 0 Å².